The molecule has 20 nitrogen and oxygen atoms in total. The Morgan fingerprint density at radius 3 is 1.53 bits per heavy atom. The molecule has 2 amide bonds. The van der Waals surface area contributed by atoms with Crippen molar-refractivity contribution in [1.82, 2.24) is 15.0 Å². The molecule has 6 aromatic carbocycles. The number of anilines is 1. The van der Waals surface area contributed by atoms with Crippen molar-refractivity contribution >= 4 is 52.6 Å². The predicted octanol–water partition coefficient (Wildman–Crippen LogP) is 8.85. The molecule has 2 aliphatic rings. The van der Waals surface area contributed by atoms with Crippen LogP contribution in [-0.2, 0) is 5.41 Å². The van der Waals surface area contributed by atoms with Gasteiger partial charge in [0.25, 0.3) is 23.2 Å². The molecule has 0 saturated heterocycles. The highest BCUT2D eigenvalue weighted by Gasteiger charge is 2.40. The standard InChI is InChI=1S/C50H32N6O14/c1-26-41(57)37-19-17-35(24-39(37)42(26)58)67-33-13-9-29(10-14-33)50(2,3)30-11-15-34(16-12-30)68-36-18-20-38-40(25-36)44(60)54(43(38)59)47-51-48(69-45(61)27-7-5-4-6-8-27)53-49(52-47)70-46(62)28-21-31(55(63)64)23-32(22-28)56(65)66/h4-26H,1-3H3. The van der Waals surface area contributed by atoms with Crippen LogP contribution in [0.4, 0.5) is 17.3 Å². The van der Waals surface area contributed by atoms with E-state index in [2.05, 4.69) is 15.0 Å². The summed E-state index contributed by atoms with van der Waals surface area (Å²) in [6.45, 7) is 5.68. The number of benzene rings is 6. The minimum atomic E-state index is -1.42. The van der Waals surface area contributed by atoms with Crippen molar-refractivity contribution in [3.05, 3.63) is 198 Å². The minimum absolute atomic E-state index is 0.0411. The third kappa shape index (κ3) is 8.65. The highest BCUT2D eigenvalue weighted by molar-refractivity contribution is 6.34. The number of ether oxygens (including phenoxy) is 4. The molecule has 9 rings (SSSR count). The van der Waals surface area contributed by atoms with E-state index >= 15 is 0 Å². The Balaban J connectivity index is 0.920. The SMILES string of the molecule is CC1C(=O)c2ccc(Oc3ccc(C(C)(C)c4ccc(Oc5ccc6c(c5)C(=O)N(c5nc(OC(=O)c7ccccc7)nc(OC(=O)c7cc([N+](=O)[O-])cc([N+](=O)[O-])c7)n5)C6=O)cc4)cc3)cc2C1=O. The number of imide groups is 1. The first-order valence-corrected chi connectivity index (χ1v) is 21.0. The van der Waals surface area contributed by atoms with Crippen molar-refractivity contribution in [2.75, 3.05) is 4.90 Å². The molecule has 1 aliphatic heterocycles. The summed E-state index contributed by atoms with van der Waals surface area (Å²) in [5, 5.41) is 22.9. The lowest BCUT2D eigenvalue weighted by Crippen LogP contribution is -2.31. The topological polar surface area (TPSA) is 268 Å². The maximum absolute atomic E-state index is 14.0. The molecule has 1 aliphatic carbocycles. The van der Waals surface area contributed by atoms with E-state index in [1.54, 1.807) is 55.5 Å². The molecule has 0 saturated carbocycles. The van der Waals surface area contributed by atoms with Gasteiger partial charge in [0.2, 0.25) is 5.95 Å². The van der Waals surface area contributed by atoms with Crippen molar-refractivity contribution in [3.8, 4) is 35.0 Å². The molecule has 1 unspecified atom stereocenters. The smallest absolute Gasteiger partial charge is 0.346 e. The number of carbonyl (C=O) groups is 6. The minimum Gasteiger partial charge on any atom is -0.457 e. The van der Waals surface area contributed by atoms with Crippen molar-refractivity contribution < 1.29 is 57.6 Å². The number of aromatic nitrogens is 3. The highest BCUT2D eigenvalue weighted by Crippen LogP contribution is 2.37. The van der Waals surface area contributed by atoms with Gasteiger partial charge in [-0.25, -0.2) is 14.5 Å². The third-order valence-corrected chi connectivity index (χ3v) is 11.5. The lowest BCUT2D eigenvalue weighted by molar-refractivity contribution is -0.394. The second-order valence-electron chi connectivity index (χ2n) is 16.3. The number of hydrogen-bond acceptors (Lipinski definition) is 17. The van der Waals surface area contributed by atoms with Gasteiger partial charge < -0.3 is 18.9 Å². The number of Topliss-reactive ketones (excluding diaryl/α,β-unsaturated/α-hetero) is 2. The number of carbonyl (C=O) groups excluding carboxylic acids is 6. The number of hydrogen-bond donors (Lipinski definition) is 0. The van der Waals surface area contributed by atoms with Crippen molar-refractivity contribution in [1.29, 1.82) is 0 Å². The average molecular weight is 941 g/mol. The Morgan fingerprint density at radius 2 is 1.00 bits per heavy atom. The van der Waals surface area contributed by atoms with Crippen LogP contribution in [-0.4, -0.2) is 60.1 Å². The molecule has 20 heteroatoms. The Morgan fingerprint density at radius 1 is 0.543 bits per heavy atom. The summed E-state index contributed by atoms with van der Waals surface area (Å²) in [6, 6.07) is 31.5. The van der Waals surface area contributed by atoms with Crippen LogP contribution >= 0.6 is 0 Å². The van der Waals surface area contributed by atoms with E-state index in [9.17, 15) is 49.0 Å². The van der Waals surface area contributed by atoms with E-state index in [1.807, 2.05) is 50.2 Å². The Kier molecular flexibility index (Phi) is 11.5. The summed E-state index contributed by atoms with van der Waals surface area (Å²) in [6.07, 6.45) is 0. The third-order valence-electron chi connectivity index (χ3n) is 11.5. The van der Waals surface area contributed by atoms with Gasteiger partial charge in [0, 0.05) is 28.7 Å². The summed E-state index contributed by atoms with van der Waals surface area (Å²) in [5.74, 6) is -4.64. The number of nitro groups is 2. The van der Waals surface area contributed by atoms with Gasteiger partial charge in [-0.1, -0.05) is 56.3 Å². The van der Waals surface area contributed by atoms with Gasteiger partial charge in [-0.15, -0.1) is 4.98 Å². The number of nitrogens with zero attached hydrogens (tertiary/aromatic N) is 6. The Labute approximate surface area is 394 Å². The van der Waals surface area contributed by atoms with E-state index in [0.29, 0.717) is 51.5 Å². The van der Waals surface area contributed by atoms with Crippen molar-refractivity contribution in [2.45, 2.75) is 26.2 Å². The van der Waals surface area contributed by atoms with Gasteiger partial charge >= 0.3 is 24.0 Å². The normalized spacial score (nSPS) is 13.9. The molecule has 1 atom stereocenters. The maximum atomic E-state index is 14.0. The van der Waals surface area contributed by atoms with Gasteiger partial charge in [-0.3, -0.25) is 39.4 Å². The van der Waals surface area contributed by atoms with E-state index in [1.165, 1.54) is 30.3 Å². The first-order chi connectivity index (χ1) is 33.4. The van der Waals surface area contributed by atoms with E-state index in [0.717, 1.165) is 11.1 Å². The molecular formula is C50H32N6O14. The fourth-order valence-corrected chi connectivity index (χ4v) is 7.68. The molecule has 0 fully saturated rings. The zero-order valence-electron chi connectivity index (χ0n) is 36.7. The second-order valence-corrected chi connectivity index (χ2v) is 16.3. The number of esters is 2. The van der Waals surface area contributed by atoms with Crippen LogP contribution in [0.2, 0.25) is 0 Å². The summed E-state index contributed by atoms with van der Waals surface area (Å²) >= 11 is 0. The van der Waals surface area contributed by atoms with Crippen LogP contribution in [0.25, 0.3) is 0 Å². The lowest BCUT2D eigenvalue weighted by atomic mass is 9.78. The van der Waals surface area contributed by atoms with Gasteiger partial charge in [-0.2, -0.15) is 9.97 Å². The van der Waals surface area contributed by atoms with Crippen LogP contribution in [0.3, 0.4) is 0 Å². The molecule has 2 heterocycles. The maximum Gasteiger partial charge on any atom is 0.346 e. The number of ketones is 2. The second kappa shape index (κ2) is 17.8. The van der Waals surface area contributed by atoms with Gasteiger partial charge in [0.05, 0.1) is 44.1 Å². The monoisotopic (exact) mass is 940 g/mol. The molecule has 0 spiro atoms. The summed E-state index contributed by atoms with van der Waals surface area (Å²) < 4.78 is 22.6. The van der Waals surface area contributed by atoms with Crippen LogP contribution in [0.5, 0.6) is 35.0 Å². The van der Waals surface area contributed by atoms with Gasteiger partial charge in [0.15, 0.2) is 11.6 Å². The zero-order chi connectivity index (χ0) is 49.6. The fraction of sp³-hybridized carbons (Fsp3) is 0.100. The largest absolute Gasteiger partial charge is 0.457 e. The molecule has 0 radical (unpaired) electrons. The average Bonchev–Trinajstić information content (AvgIpc) is 3.73. The van der Waals surface area contributed by atoms with Crippen molar-refractivity contribution in [3.63, 3.8) is 0 Å². The summed E-state index contributed by atoms with van der Waals surface area (Å²) in [7, 11) is 0. The fourth-order valence-electron chi connectivity index (χ4n) is 7.68. The first-order valence-electron chi connectivity index (χ1n) is 21.0. The Bertz CT molecular complexity index is 3360. The molecule has 0 bridgehead atoms. The number of fused-ring (bicyclic) bond motifs is 2. The Hall–Kier alpha value is -9.85. The van der Waals surface area contributed by atoms with Crippen LogP contribution < -0.4 is 23.8 Å². The van der Waals surface area contributed by atoms with E-state index in [-0.39, 0.29) is 34.0 Å². The molecule has 1 aromatic heterocycles. The van der Waals surface area contributed by atoms with Gasteiger partial charge in [-0.05, 0) is 90.8 Å². The highest BCUT2D eigenvalue weighted by atomic mass is 16.6. The van der Waals surface area contributed by atoms with E-state index < -0.39 is 79.8 Å². The number of rotatable bonds is 13. The van der Waals surface area contributed by atoms with Crippen molar-refractivity contribution in [2.24, 2.45) is 5.92 Å². The predicted molar refractivity (Wildman–Crippen MR) is 243 cm³/mol. The molecule has 7 aromatic rings. The summed E-state index contributed by atoms with van der Waals surface area (Å²) in [4.78, 5) is 112. The van der Waals surface area contributed by atoms with Gasteiger partial charge in [0.1, 0.15) is 23.0 Å². The van der Waals surface area contributed by atoms with E-state index in [4.69, 9.17) is 18.9 Å². The first kappa shape index (κ1) is 45.3. The number of non-ortho nitro benzene ring substituents is 2. The van der Waals surface area contributed by atoms with Crippen LogP contribution in [0.15, 0.2) is 133 Å². The van der Waals surface area contributed by atoms with Crippen LogP contribution in [0.1, 0.15) is 94.0 Å². The number of amides is 2. The lowest BCUT2D eigenvalue weighted by Gasteiger charge is -2.26. The molecule has 70 heavy (non-hydrogen) atoms. The molecule has 0 N–H and O–H groups in total. The zero-order valence-corrected chi connectivity index (χ0v) is 36.7. The molecular weight excluding hydrogens is 909 g/mol. The quantitative estimate of drug-likeness (QED) is 0.0343. The summed E-state index contributed by atoms with van der Waals surface area (Å²) in [5.41, 5.74) is -0.302. The van der Waals surface area contributed by atoms with Crippen LogP contribution in [0, 0.1) is 26.1 Å². The number of nitro benzene ring substituents is 2. The molecule has 346 valence electrons.